The van der Waals surface area contributed by atoms with E-state index >= 15 is 0 Å². The lowest BCUT2D eigenvalue weighted by atomic mass is 10.2. The second-order valence-corrected chi connectivity index (χ2v) is 7.96. The maximum Gasteiger partial charge on any atom is 0.294 e. The molecule has 1 saturated heterocycles. The second kappa shape index (κ2) is 8.79. The summed E-state index contributed by atoms with van der Waals surface area (Å²) >= 11 is 6.61. The zero-order valence-electron chi connectivity index (χ0n) is 15.8. The minimum absolute atomic E-state index is 0.150. The molecule has 1 fully saturated rings. The van der Waals surface area contributed by atoms with Gasteiger partial charge in [-0.2, -0.15) is 0 Å². The smallest absolute Gasteiger partial charge is 0.294 e. The molecule has 3 amide bonds. The molecule has 0 unspecified atom stereocenters. The summed E-state index contributed by atoms with van der Waals surface area (Å²) in [5.74, 6) is -0.620. The van der Waals surface area contributed by atoms with Crippen LogP contribution in [0.5, 0.6) is 0 Å². The average molecular weight is 457 g/mol. The molecule has 0 atom stereocenters. The van der Waals surface area contributed by atoms with E-state index in [0.29, 0.717) is 22.2 Å². The second-order valence-electron chi connectivity index (χ2n) is 6.53. The normalized spacial score (nSPS) is 15.0. The van der Waals surface area contributed by atoms with Crippen LogP contribution in [0.4, 0.5) is 14.9 Å². The molecule has 0 aliphatic carbocycles. The molecular weight excluding hydrogens is 443 g/mol. The average Bonchev–Trinajstić information content (AvgIpc) is 3.31. The molecule has 3 aromatic rings. The van der Waals surface area contributed by atoms with E-state index in [1.165, 1.54) is 30.3 Å². The third kappa shape index (κ3) is 4.87. The molecule has 0 spiro atoms. The number of carbonyl (C=O) groups is 3. The van der Waals surface area contributed by atoms with Crippen molar-refractivity contribution in [3.8, 4) is 11.3 Å². The molecule has 1 N–H and O–H groups in total. The van der Waals surface area contributed by atoms with Gasteiger partial charge in [0.2, 0.25) is 5.91 Å². The van der Waals surface area contributed by atoms with Crippen LogP contribution in [-0.4, -0.2) is 28.5 Å². The Kier molecular flexibility index (Phi) is 5.92. The Hall–Kier alpha value is -3.36. The fourth-order valence-electron chi connectivity index (χ4n) is 2.84. The van der Waals surface area contributed by atoms with Gasteiger partial charge in [0.1, 0.15) is 23.9 Å². The van der Waals surface area contributed by atoms with Crippen molar-refractivity contribution in [1.82, 2.24) is 4.90 Å². The summed E-state index contributed by atoms with van der Waals surface area (Å²) in [5, 5.41) is 2.56. The van der Waals surface area contributed by atoms with Gasteiger partial charge in [0, 0.05) is 22.3 Å². The lowest BCUT2D eigenvalue weighted by molar-refractivity contribution is -0.127. The molecule has 2 aromatic carbocycles. The number of anilines is 1. The van der Waals surface area contributed by atoms with Crippen LogP contribution in [0.2, 0.25) is 5.02 Å². The van der Waals surface area contributed by atoms with Crippen molar-refractivity contribution in [2.45, 2.75) is 0 Å². The molecule has 0 saturated carbocycles. The number of benzene rings is 2. The van der Waals surface area contributed by atoms with Crippen LogP contribution < -0.4 is 5.32 Å². The van der Waals surface area contributed by atoms with Crippen molar-refractivity contribution < 1.29 is 23.2 Å². The van der Waals surface area contributed by atoms with E-state index in [1.54, 1.807) is 36.4 Å². The summed E-state index contributed by atoms with van der Waals surface area (Å²) in [7, 11) is 0. The van der Waals surface area contributed by atoms with Crippen molar-refractivity contribution in [3.63, 3.8) is 0 Å². The number of furan rings is 1. The van der Waals surface area contributed by atoms with Gasteiger partial charge in [-0.25, -0.2) is 4.39 Å². The number of amides is 3. The maximum atomic E-state index is 13.0. The monoisotopic (exact) mass is 456 g/mol. The molecule has 6 nitrogen and oxygen atoms in total. The molecular formula is C22H14ClFN2O4S. The molecule has 156 valence electrons. The maximum absolute atomic E-state index is 13.0. The van der Waals surface area contributed by atoms with Crippen LogP contribution in [0.1, 0.15) is 5.76 Å². The van der Waals surface area contributed by atoms with Gasteiger partial charge in [-0.15, -0.1) is 0 Å². The Morgan fingerprint density at radius 2 is 1.77 bits per heavy atom. The first-order valence-corrected chi connectivity index (χ1v) is 10.2. The minimum atomic E-state index is -0.589. The van der Waals surface area contributed by atoms with Gasteiger partial charge >= 0.3 is 0 Å². The van der Waals surface area contributed by atoms with E-state index in [4.69, 9.17) is 16.0 Å². The Bertz CT molecular complexity index is 1190. The van der Waals surface area contributed by atoms with E-state index in [1.807, 2.05) is 0 Å². The van der Waals surface area contributed by atoms with Crippen LogP contribution in [-0.2, 0) is 9.59 Å². The Morgan fingerprint density at radius 1 is 1.06 bits per heavy atom. The summed E-state index contributed by atoms with van der Waals surface area (Å²) in [5.41, 5.74) is 1.17. The third-order valence-corrected chi connectivity index (χ3v) is 5.49. The number of imide groups is 1. The highest BCUT2D eigenvalue weighted by atomic mass is 35.5. The molecule has 9 heteroatoms. The van der Waals surface area contributed by atoms with Gasteiger partial charge in [-0.1, -0.05) is 11.6 Å². The first-order valence-electron chi connectivity index (χ1n) is 9.05. The van der Waals surface area contributed by atoms with E-state index in [2.05, 4.69) is 5.32 Å². The molecule has 0 radical (unpaired) electrons. The van der Waals surface area contributed by atoms with Crippen LogP contribution in [0.15, 0.2) is 70.0 Å². The number of thioether (sulfide) groups is 1. The Labute approximate surface area is 185 Å². The Balaban J connectivity index is 1.44. The topological polar surface area (TPSA) is 79.6 Å². The number of carbonyl (C=O) groups excluding carboxylic acids is 3. The van der Waals surface area contributed by atoms with Crippen molar-refractivity contribution in [2.75, 3.05) is 11.9 Å². The highest BCUT2D eigenvalue weighted by molar-refractivity contribution is 8.18. The number of nitrogens with one attached hydrogen (secondary N) is 1. The molecule has 2 heterocycles. The number of hydrogen-bond acceptors (Lipinski definition) is 5. The number of hydrogen-bond donors (Lipinski definition) is 1. The fourth-order valence-corrected chi connectivity index (χ4v) is 3.79. The largest absolute Gasteiger partial charge is 0.457 e. The lowest BCUT2D eigenvalue weighted by Gasteiger charge is -2.12. The first-order chi connectivity index (χ1) is 14.9. The minimum Gasteiger partial charge on any atom is -0.457 e. The van der Waals surface area contributed by atoms with E-state index < -0.39 is 29.4 Å². The summed E-state index contributed by atoms with van der Waals surface area (Å²) in [6, 6.07) is 15.7. The van der Waals surface area contributed by atoms with Gasteiger partial charge in [0.25, 0.3) is 11.1 Å². The summed E-state index contributed by atoms with van der Waals surface area (Å²) in [6.45, 7) is -0.451. The molecule has 0 bridgehead atoms. The number of rotatable bonds is 5. The van der Waals surface area contributed by atoms with E-state index in [9.17, 15) is 18.8 Å². The van der Waals surface area contributed by atoms with Crippen LogP contribution >= 0.6 is 23.4 Å². The molecule has 1 aliphatic rings. The van der Waals surface area contributed by atoms with Crippen LogP contribution in [0, 0.1) is 5.82 Å². The summed E-state index contributed by atoms with van der Waals surface area (Å²) in [4.78, 5) is 38.0. The van der Waals surface area contributed by atoms with Gasteiger partial charge in [-0.3, -0.25) is 19.3 Å². The summed E-state index contributed by atoms with van der Waals surface area (Å²) < 4.78 is 18.7. The van der Waals surface area contributed by atoms with Gasteiger partial charge in [-0.05, 0) is 72.4 Å². The number of halogens is 2. The molecule has 31 heavy (non-hydrogen) atoms. The number of nitrogens with zero attached hydrogens (tertiary/aromatic N) is 1. The lowest BCUT2D eigenvalue weighted by Crippen LogP contribution is -2.36. The fraction of sp³-hybridized carbons (Fsp3) is 0.0455. The summed E-state index contributed by atoms with van der Waals surface area (Å²) in [6.07, 6.45) is 1.46. The van der Waals surface area contributed by atoms with Crippen LogP contribution in [0.3, 0.4) is 0 Å². The van der Waals surface area contributed by atoms with Crippen LogP contribution in [0.25, 0.3) is 17.4 Å². The van der Waals surface area contributed by atoms with E-state index in [-0.39, 0.29) is 4.91 Å². The quantitative estimate of drug-likeness (QED) is 0.519. The highest BCUT2D eigenvalue weighted by Gasteiger charge is 2.36. The zero-order chi connectivity index (χ0) is 22.0. The van der Waals surface area contributed by atoms with Gasteiger partial charge in [0.15, 0.2) is 0 Å². The van der Waals surface area contributed by atoms with E-state index in [0.717, 1.165) is 22.2 Å². The van der Waals surface area contributed by atoms with Crippen molar-refractivity contribution in [3.05, 3.63) is 82.2 Å². The first kappa shape index (κ1) is 20.9. The van der Waals surface area contributed by atoms with Crippen molar-refractivity contribution >= 4 is 52.2 Å². The Morgan fingerprint density at radius 3 is 2.48 bits per heavy atom. The SMILES string of the molecule is O=C(CN1C(=O)S/C(=C\c2ccc(-c3ccc(Cl)cc3)o2)C1=O)Nc1ccc(F)cc1. The van der Waals surface area contributed by atoms with Crippen molar-refractivity contribution in [2.24, 2.45) is 0 Å². The molecule has 1 aromatic heterocycles. The predicted octanol–water partition coefficient (Wildman–Crippen LogP) is 5.41. The van der Waals surface area contributed by atoms with Gasteiger partial charge < -0.3 is 9.73 Å². The van der Waals surface area contributed by atoms with Gasteiger partial charge in [0.05, 0.1) is 4.91 Å². The highest BCUT2D eigenvalue weighted by Crippen LogP contribution is 2.33. The predicted molar refractivity (Wildman–Crippen MR) is 117 cm³/mol. The molecule has 4 rings (SSSR count). The zero-order valence-corrected chi connectivity index (χ0v) is 17.4. The standard InChI is InChI=1S/C22H14ClFN2O4S/c23-14-3-1-13(2-4-14)18-10-9-17(30-18)11-19-21(28)26(22(29)31-19)12-20(27)25-16-7-5-15(24)6-8-16/h1-11H,12H2,(H,25,27)/b19-11-. The van der Waals surface area contributed by atoms with Crippen molar-refractivity contribution in [1.29, 1.82) is 0 Å². The molecule has 1 aliphatic heterocycles. The third-order valence-electron chi connectivity index (χ3n) is 4.33.